The standard InChI is InChI=1S/C26H25N3O3/c1-17-10-11-18(2)23(14-17)27-26(30)22-16-29(19-8-6-5-7-9-19)28-25(22)21-13-12-20(31-3)15-24(21)32-4/h5-16H,1-4H3,(H,27,30). The molecule has 0 aliphatic rings. The number of carbonyl (C=O) groups is 1. The summed E-state index contributed by atoms with van der Waals surface area (Å²) in [5.41, 5.74) is 5.36. The van der Waals surface area contributed by atoms with Gasteiger partial charge in [0.05, 0.1) is 25.5 Å². The molecule has 162 valence electrons. The van der Waals surface area contributed by atoms with E-state index in [9.17, 15) is 4.79 Å². The van der Waals surface area contributed by atoms with Crippen molar-refractivity contribution in [2.45, 2.75) is 13.8 Å². The molecule has 6 heteroatoms. The molecule has 0 unspecified atom stereocenters. The van der Waals surface area contributed by atoms with Gasteiger partial charge in [-0.15, -0.1) is 0 Å². The Bertz CT molecular complexity index is 1260. The summed E-state index contributed by atoms with van der Waals surface area (Å²) in [7, 11) is 3.18. The topological polar surface area (TPSA) is 65.4 Å². The number of amides is 1. The van der Waals surface area contributed by atoms with Gasteiger partial charge in [0, 0.05) is 23.5 Å². The number of hydrogen-bond acceptors (Lipinski definition) is 4. The molecular weight excluding hydrogens is 402 g/mol. The van der Waals surface area contributed by atoms with E-state index in [-0.39, 0.29) is 5.91 Å². The molecule has 0 saturated carbocycles. The zero-order chi connectivity index (χ0) is 22.7. The van der Waals surface area contributed by atoms with E-state index in [4.69, 9.17) is 14.6 Å². The fraction of sp³-hybridized carbons (Fsp3) is 0.154. The number of rotatable bonds is 6. The van der Waals surface area contributed by atoms with Crippen LogP contribution in [0.2, 0.25) is 0 Å². The van der Waals surface area contributed by atoms with E-state index in [0.717, 1.165) is 22.5 Å². The number of para-hydroxylation sites is 1. The fourth-order valence-electron chi connectivity index (χ4n) is 3.51. The third-order valence-electron chi connectivity index (χ3n) is 5.28. The molecule has 4 aromatic rings. The third-order valence-corrected chi connectivity index (χ3v) is 5.28. The van der Waals surface area contributed by atoms with E-state index in [1.54, 1.807) is 31.2 Å². The van der Waals surface area contributed by atoms with Crippen LogP contribution in [0.5, 0.6) is 11.5 Å². The highest BCUT2D eigenvalue weighted by atomic mass is 16.5. The molecule has 32 heavy (non-hydrogen) atoms. The molecule has 6 nitrogen and oxygen atoms in total. The quantitative estimate of drug-likeness (QED) is 0.446. The highest BCUT2D eigenvalue weighted by molar-refractivity contribution is 6.08. The minimum atomic E-state index is -0.242. The van der Waals surface area contributed by atoms with Gasteiger partial charge in [0.2, 0.25) is 0 Å². The molecule has 3 aromatic carbocycles. The second-order valence-corrected chi connectivity index (χ2v) is 7.51. The SMILES string of the molecule is COc1ccc(-c2nn(-c3ccccc3)cc2C(=O)Nc2cc(C)ccc2C)c(OC)c1. The lowest BCUT2D eigenvalue weighted by Crippen LogP contribution is -2.13. The van der Waals surface area contributed by atoms with Crippen molar-refractivity contribution >= 4 is 11.6 Å². The average molecular weight is 428 g/mol. The van der Waals surface area contributed by atoms with Gasteiger partial charge in [-0.1, -0.05) is 30.3 Å². The summed E-state index contributed by atoms with van der Waals surface area (Å²) in [4.78, 5) is 13.4. The van der Waals surface area contributed by atoms with E-state index in [0.29, 0.717) is 28.3 Å². The van der Waals surface area contributed by atoms with Gasteiger partial charge < -0.3 is 14.8 Å². The zero-order valence-corrected chi connectivity index (χ0v) is 18.5. The van der Waals surface area contributed by atoms with Crippen LogP contribution in [-0.4, -0.2) is 29.9 Å². The molecule has 0 aliphatic heterocycles. The van der Waals surface area contributed by atoms with E-state index >= 15 is 0 Å². The highest BCUT2D eigenvalue weighted by Gasteiger charge is 2.22. The van der Waals surface area contributed by atoms with Crippen LogP contribution in [0.25, 0.3) is 16.9 Å². The number of aryl methyl sites for hydroxylation is 2. The summed E-state index contributed by atoms with van der Waals surface area (Å²) >= 11 is 0. The fourth-order valence-corrected chi connectivity index (χ4v) is 3.51. The Labute approximate surface area is 187 Å². The Hall–Kier alpha value is -4.06. The first kappa shape index (κ1) is 21.2. The van der Waals surface area contributed by atoms with E-state index in [1.807, 2.05) is 74.5 Å². The molecule has 0 aliphatic carbocycles. The van der Waals surface area contributed by atoms with Crippen LogP contribution in [0.15, 0.2) is 72.9 Å². The van der Waals surface area contributed by atoms with Crippen molar-refractivity contribution in [3.05, 3.63) is 89.6 Å². The number of aromatic nitrogens is 2. The van der Waals surface area contributed by atoms with Crippen LogP contribution >= 0.6 is 0 Å². The number of ether oxygens (including phenoxy) is 2. The van der Waals surface area contributed by atoms with Crippen molar-refractivity contribution in [2.75, 3.05) is 19.5 Å². The van der Waals surface area contributed by atoms with Gasteiger partial charge in [0.15, 0.2) is 0 Å². The first-order valence-corrected chi connectivity index (χ1v) is 10.3. The van der Waals surface area contributed by atoms with Crippen LogP contribution in [-0.2, 0) is 0 Å². The molecule has 1 aromatic heterocycles. The Morgan fingerprint density at radius 3 is 2.44 bits per heavy atom. The lowest BCUT2D eigenvalue weighted by atomic mass is 10.1. The average Bonchev–Trinajstić information content (AvgIpc) is 3.27. The summed E-state index contributed by atoms with van der Waals surface area (Å²) in [5.74, 6) is 0.992. The summed E-state index contributed by atoms with van der Waals surface area (Å²) < 4.78 is 12.6. The molecule has 1 heterocycles. The molecule has 0 atom stereocenters. The van der Waals surface area contributed by atoms with Gasteiger partial charge in [-0.05, 0) is 55.3 Å². The molecule has 4 rings (SSSR count). The van der Waals surface area contributed by atoms with Gasteiger partial charge in [-0.2, -0.15) is 5.10 Å². The molecule has 1 N–H and O–H groups in total. The third kappa shape index (κ3) is 4.21. The van der Waals surface area contributed by atoms with Gasteiger partial charge in [-0.3, -0.25) is 4.79 Å². The van der Waals surface area contributed by atoms with Crippen molar-refractivity contribution in [3.63, 3.8) is 0 Å². The van der Waals surface area contributed by atoms with Gasteiger partial charge >= 0.3 is 0 Å². The maximum atomic E-state index is 13.4. The van der Waals surface area contributed by atoms with Crippen LogP contribution in [0, 0.1) is 13.8 Å². The number of carbonyl (C=O) groups excluding carboxylic acids is 1. The largest absolute Gasteiger partial charge is 0.497 e. The Kier molecular flexibility index (Phi) is 5.94. The lowest BCUT2D eigenvalue weighted by molar-refractivity contribution is 0.102. The van der Waals surface area contributed by atoms with E-state index in [2.05, 4.69) is 5.32 Å². The van der Waals surface area contributed by atoms with Crippen LogP contribution in [0.1, 0.15) is 21.5 Å². The maximum absolute atomic E-state index is 13.4. The van der Waals surface area contributed by atoms with E-state index < -0.39 is 0 Å². The first-order valence-electron chi connectivity index (χ1n) is 10.3. The minimum Gasteiger partial charge on any atom is -0.497 e. The smallest absolute Gasteiger partial charge is 0.259 e. The number of methoxy groups -OCH3 is 2. The van der Waals surface area contributed by atoms with Crippen molar-refractivity contribution in [1.82, 2.24) is 9.78 Å². The monoisotopic (exact) mass is 427 g/mol. The maximum Gasteiger partial charge on any atom is 0.259 e. The number of anilines is 1. The Balaban J connectivity index is 1.83. The summed E-state index contributed by atoms with van der Waals surface area (Å²) in [6, 6.07) is 21.1. The van der Waals surface area contributed by atoms with Gasteiger partial charge in [0.25, 0.3) is 5.91 Å². The summed E-state index contributed by atoms with van der Waals surface area (Å²) in [6.45, 7) is 3.96. The zero-order valence-electron chi connectivity index (χ0n) is 18.5. The number of benzene rings is 3. The normalized spacial score (nSPS) is 10.6. The van der Waals surface area contributed by atoms with E-state index in [1.165, 1.54) is 0 Å². The Morgan fingerprint density at radius 2 is 1.72 bits per heavy atom. The molecular formula is C26H25N3O3. The summed E-state index contributed by atoms with van der Waals surface area (Å²) in [5, 5.41) is 7.80. The van der Waals surface area contributed by atoms with Gasteiger partial charge in [-0.25, -0.2) is 4.68 Å². The van der Waals surface area contributed by atoms with Crippen molar-refractivity contribution in [2.24, 2.45) is 0 Å². The predicted molar refractivity (Wildman–Crippen MR) is 126 cm³/mol. The second kappa shape index (κ2) is 8.98. The van der Waals surface area contributed by atoms with Crippen molar-refractivity contribution in [3.8, 4) is 28.4 Å². The van der Waals surface area contributed by atoms with Crippen molar-refractivity contribution in [1.29, 1.82) is 0 Å². The predicted octanol–water partition coefficient (Wildman–Crippen LogP) is 5.43. The number of nitrogens with one attached hydrogen (secondary N) is 1. The van der Waals surface area contributed by atoms with Crippen LogP contribution in [0.4, 0.5) is 5.69 Å². The van der Waals surface area contributed by atoms with Crippen molar-refractivity contribution < 1.29 is 14.3 Å². The van der Waals surface area contributed by atoms with Crippen LogP contribution < -0.4 is 14.8 Å². The first-order chi connectivity index (χ1) is 15.5. The summed E-state index contributed by atoms with van der Waals surface area (Å²) in [6.07, 6.45) is 1.74. The van der Waals surface area contributed by atoms with Crippen LogP contribution in [0.3, 0.4) is 0 Å². The Morgan fingerprint density at radius 1 is 0.938 bits per heavy atom. The minimum absolute atomic E-state index is 0.242. The second-order valence-electron chi connectivity index (χ2n) is 7.51. The molecule has 0 spiro atoms. The highest BCUT2D eigenvalue weighted by Crippen LogP contribution is 2.35. The molecule has 0 fully saturated rings. The van der Waals surface area contributed by atoms with Gasteiger partial charge in [0.1, 0.15) is 17.2 Å². The number of nitrogens with zero attached hydrogens (tertiary/aromatic N) is 2. The number of hydrogen-bond donors (Lipinski definition) is 1. The molecule has 0 saturated heterocycles. The molecule has 0 radical (unpaired) electrons. The molecule has 0 bridgehead atoms. The lowest BCUT2D eigenvalue weighted by Gasteiger charge is -2.11. The molecule has 1 amide bonds.